The lowest BCUT2D eigenvalue weighted by Crippen LogP contribution is -2.35. The largest absolute Gasteiger partial charge is 0.396 e. The fourth-order valence-corrected chi connectivity index (χ4v) is 4.72. The summed E-state index contributed by atoms with van der Waals surface area (Å²) >= 11 is 1.78. The molecular formula is C16H23NO2S. The predicted molar refractivity (Wildman–Crippen MR) is 80.9 cm³/mol. The van der Waals surface area contributed by atoms with Crippen LogP contribution in [0.5, 0.6) is 0 Å². The first kappa shape index (κ1) is 14.1. The zero-order valence-electron chi connectivity index (χ0n) is 11.8. The van der Waals surface area contributed by atoms with Crippen LogP contribution < -0.4 is 5.32 Å². The summed E-state index contributed by atoms with van der Waals surface area (Å²) in [6.07, 6.45) is 6.66. The summed E-state index contributed by atoms with van der Waals surface area (Å²) in [5, 5.41) is 14.6. The SMILES string of the molecule is O=C(NCC1CCCC1CO)C1CCCc2sccc21. The van der Waals surface area contributed by atoms with Crippen molar-refractivity contribution in [2.75, 3.05) is 13.2 Å². The molecule has 1 fully saturated rings. The summed E-state index contributed by atoms with van der Waals surface area (Å²) in [6, 6.07) is 2.12. The molecule has 1 saturated carbocycles. The molecule has 0 saturated heterocycles. The zero-order valence-corrected chi connectivity index (χ0v) is 12.6. The van der Waals surface area contributed by atoms with Gasteiger partial charge < -0.3 is 10.4 Å². The van der Waals surface area contributed by atoms with Gasteiger partial charge in [0.25, 0.3) is 0 Å². The minimum absolute atomic E-state index is 0.0546. The highest BCUT2D eigenvalue weighted by molar-refractivity contribution is 7.10. The molecule has 110 valence electrons. The van der Waals surface area contributed by atoms with Crippen LogP contribution in [0.3, 0.4) is 0 Å². The fourth-order valence-electron chi connectivity index (χ4n) is 3.74. The fraction of sp³-hybridized carbons (Fsp3) is 0.688. The van der Waals surface area contributed by atoms with E-state index in [-0.39, 0.29) is 18.4 Å². The lowest BCUT2D eigenvalue weighted by Gasteiger charge is -2.24. The Labute approximate surface area is 124 Å². The van der Waals surface area contributed by atoms with E-state index < -0.39 is 0 Å². The minimum Gasteiger partial charge on any atom is -0.396 e. The lowest BCUT2D eigenvalue weighted by molar-refractivity contribution is -0.123. The number of aryl methyl sites for hydroxylation is 1. The van der Waals surface area contributed by atoms with E-state index in [0.717, 1.165) is 38.6 Å². The molecule has 0 bridgehead atoms. The second-order valence-corrected chi connectivity index (χ2v) is 7.12. The zero-order chi connectivity index (χ0) is 13.9. The van der Waals surface area contributed by atoms with Gasteiger partial charge in [-0.05, 0) is 60.9 Å². The number of amides is 1. The highest BCUT2D eigenvalue weighted by Crippen LogP contribution is 2.35. The molecule has 1 aromatic heterocycles. The molecule has 20 heavy (non-hydrogen) atoms. The van der Waals surface area contributed by atoms with Crippen LogP contribution in [-0.4, -0.2) is 24.2 Å². The number of carbonyl (C=O) groups excluding carboxylic acids is 1. The van der Waals surface area contributed by atoms with E-state index in [2.05, 4.69) is 16.8 Å². The Balaban J connectivity index is 1.58. The molecule has 3 nitrogen and oxygen atoms in total. The maximum absolute atomic E-state index is 12.4. The summed E-state index contributed by atoms with van der Waals surface area (Å²) in [4.78, 5) is 13.8. The Kier molecular flexibility index (Phi) is 4.41. The quantitative estimate of drug-likeness (QED) is 0.896. The van der Waals surface area contributed by atoms with Crippen LogP contribution in [0.15, 0.2) is 11.4 Å². The smallest absolute Gasteiger partial charge is 0.227 e. The Morgan fingerprint density at radius 3 is 3.00 bits per heavy atom. The molecule has 2 aliphatic rings. The van der Waals surface area contributed by atoms with Gasteiger partial charge in [0.2, 0.25) is 5.91 Å². The second kappa shape index (κ2) is 6.27. The first-order chi connectivity index (χ1) is 9.79. The number of thiophene rings is 1. The Hall–Kier alpha value is -0.870. The van der Waals surface area contributed by atoms with Gasteiger partial charge >= 0.3 is 0 Å². The molecule has 0 aromatic carbocycles. The van der Waals surface area contributed by atoms with Crippen molar-refractivity contribution >= 4 is 17.2 Å². The number of aliphatic hydroxyl groups excluding tert-OH is 1. The minimum atomic E-state index is 0.0546. The molecule has 0 radical (unpaired) electrons. The van der Waals surface area contributed by atoms with Crippen LogP contribution >= 0.6 is 11.3 Å². The molecule has 2 N–H and O–H groups in total. The van der Waals surface area contributed by atoms with Gasteiger partial charge in [0.1, 0.15) is 0 Å². The molecule has 2 aliphatic carbocycles. The number of hydrogen-bond donors (Lipinski definition) is 2. The molecule has 0 spiro atoms. The maximum Gasteiger partial charge on any atom is 0.227 e. The number of hydrogen-bond acceptors (Lipinski definition) is 3. The van der Waals surface area contributed by atoms with E-state index in [1.54, 1.807) is 11.3 Å². The van der Waals surface area contributed by atoms with Gasteiger partial charge in [-0.25, -0.2) is 0 Å². The molecule has 1 heterocycles. The summed E-state index contributed by atoms with van der Waals surface area (Å²) in [7, 11) is 0. The van der Waals surface area contributed by atoms with E-state index in [1.807, 2.05) is 0 Å². The maximum atomic E-state index is 12.4. The van der Waals surface area contributed by atoms with Crippen molar-refractivity contribution in [3.63, 3.8) is 0 Å². The Bertz CT molecular complexity index is 471. The Morgan fingerprint density at radius 2 is 2.15 bits per heavy atom. The summed E-state index contributed by atoms with van der Waals surface area (Å²) in [5.41, 5.74) is 1.25. The summed E-state index contributed by atoms with van der Waals surface area (Å²) < 4.78 is 0. The molecular weight excluding hydrogens is 270 g/mol. The van der Waals surface area contributed by atoms with Crippen molar-refractivity contribution in [1.29, 1.82) is 0 Å². The van der Waals surface area contributed by atoms with Gasteiger partial charge in [-0.3, -0.25) is 4.79 Å². The normalized spacial score (nSPS) is 29.1. The van der Waals surface area contributed by atoms with Crippen LogP contribution in [0.2, 0.25) is 0 Å². The number of aliphatic hydroxyl groups is 1. The van der Waals surface area contributed by atoms with Gasteiger partial charge in [0, 0.05) is 18.0 Å². The van der Waals surface area contributed by atoms with Crippen molar-refractivity contribution in [2.45, 2.75) is 44.4 Å². The third-order valence-corrected chi connectivity index (χ3v) is 5.95. The standard InChI is InChI=1S/C16H23NO2S/c18-10-12-4-1-3-11(12)9-17-16(19)14-5-2-6-15-13(14)7-8-20-15/h7-8,11-12,14,18H,1-6,9-10H2,(H,17,19). The van der Waals surface area contributed by atoms with Gasteiger partial charge in [0.15, 0.2) is 0 Å². The topological polar surface area (TPSA) is 49.3 Å². The summed E-state index contributed by atoms with van der Waals surface area (Å²) in [5.74, 6) is 1.10. The van der Waals surface area contributed by atoms with Gasteiger partial charge in [-0.2, -0.15) is 0 Å². The highest BCUT2D eigenvalue weighted by Gasteiger charge is 2.30. The van der Waals surface area contributed by atoms with Crippen LogP contribution in [0, 0.1) is 11.8 Å². The van der Waals surface area contributed by atoms with E-state index in [0.29, 0.717) is 11.8 Å². The van der Waals surface area contributed by atoms with Crippen molar-refractivity contribution in [2.24, 2.45) is 11.8 Å². The third kappa shape index (κ3) is 2.77. The van der Waals surface area contributed by atoms with Crippen molar-refractivity contribution in [1.82, 2.24) is 5.32 Å². The molecule has 3 unspecified atom stereocenters. The second-order valence-electron chi connectivity index (χ2n) is 6.12. The van der Waals surface area contributed by atoms with Crippen molar-refractivity contribution < 1.29 is 9.90 Å². The van der Waals surface area contributed by atoms with E-state index >= 15 is 0 Å². The van der Waals surface area contributed by atoms with E-state index in [9.17, 15) is 9.90 Å². The van der Waals surface area contributed by atoms with Crippen LogP contribution in [-0.2, 0) is 11.2 Å². The molecule has 1 aromatic rings. The van der Waals surface area contributed by atoms with Crippen LogP contribution in [0.4, 0.5) is 0 Å². The molecule has 1 amide bonds. The monoisotopic (exact) mass is 293 g/mol. The number of fused-ring (bicyclic) bond motifs is 1. The molecule has 4 heteroatoms. The van der Waals surface area contributed by atoms with Crippen molar-refractivity contribution in [3.8, 4) is 0 Å². The first-order valence-corrected chi connectivity index (χ1v) is 8.62. The predicted octanol–water partition coefficient (Wildman–Crippen LogP) is 2.69. The van der Waals surface area contributed by atoms with E-state index in [4.69, 9.17) is 0 Å². The van der Waals surface area contributed by atoms with Gasteiger partial charge in [-0.15, -0.1) is 11.3 Å². The van der Waals surface area contributed by atoms with Crippen molar-refractivity contribution in [3.05, 3.63) is 21.9 Å². The van der Waals surface area contributed by atoms with Gasteiger partial charge in [0.05, 0.1) is 5.92 Å². The van der Waals surface area contributed by atoms with Crippen LogP contribution in [0.1, 0.15) is 48.5 Å². The van der Waals surface area contributed by atoms with E-state index in [1.165, 1.54) is 16.9 Å². The number of rotatable bonds is 4. The van der Waals surface area contributed by atoms with Crippen LogP contribution in [0.25, 0.3) is 0 Å². The molecule has 3 atom stereocenters. The Morgan fingerprint density at radius 1 is 1.30 bits per heavy atom. The average molecular weight is 293 g/mol. The highest BCUT2D eigenvalue weighted by atomic mass is 32.1. The summed E-state index contributed by atoms with van der Waals surface area (Å²) in [6.45, 7) is 0.999. The average Bonchev–Trinajstić information content (AvgIpc) is 3.12. The third-order valence-electron chi connectivity index (χ3n) is 4.96. The molecule has 0 aliphatic heterocycles. The lowest BCUT2D eigenvalue weighted by atomic mass is 9.87. The molecule has 3 rings (SSSR count). The first-order valence-electron chi connectivity index (χ1n) is 7.74. The number of nitrogens with one attached hydrogen (secondary N) is 1. The number of carbonyl (C=O) groups is 1. The van der Waals surface area contributed by atoms with Gasteiger partial charge in [-0.1, -0.05) is 6.42 Å².